The van der Waals surface area contributed by atoms with Crippen LogP contribution >= 0.6 is 15.9 Å². The molecule has 1 aromatic carbocycles. The third-order valence-electron chi connectivity index (χ3n) is 1.98. The third-order valence-corrected chi connectivity index (χ3v) is 2.47. The van der Waals surface area contributed by atoms with E-state index < -0.39 is 0 Å². The van der Waals surface area contributed by atoms with Crippen molar-refractivity contribution in [3.63, 3.8) is 0 Å². The molecule has 0 amide bonds. The minimum Gasteiger partial charge on any atom is -0.491 e. The van der Waals surface area contributed by atoms with E-state index in [9.17, 15) is 0 Å². The van der Waals surface area contributed by atoms with Gasteiger partial charge in [0.15, 0.2) is 0 Å². The number of benzene rings is 1. The minimum absolute atomic E-state index is 0.691. The van der Waals surface area contributed by atoms with E-state index in [2.05, 4.69) is 22.9 Å². The van der Waals surface area contributed by atoms with Gasteiger partial charge >= 0.3 is 0 Å². The third kappa shape index (κ3) is 3.58. The lowest BCUT2D eigenvalue weighted by Gasteiger charge is -2.08. The number of hydrogen-bond acceptors (Lipinski definition) is 2. The summed E-state index contributed by atoms with van der Waals surface area (Å²) in [5.41, 5.74) is 6.47. The molecule has 0 atom stereocenters. The van der Waals surface area contributed by atoms with Gasteiger partial charge < -0.3 is 10.5 Å². The van der Waals surface area contributed by atoms with Crippen LogP contribution in [0.2, 0.25) is 0 Å². The number of halogens is 1. The highest BCUT2D eigenvalue weighted by Gasteiger charge is 1.99. The van der Waals surface area contributed by atoms with E-state index in [1.807, 2.05) is 18.2 Å². The van der Waals surface area contributed by atoms with Crippen molar-refractivity contribution in [2.45, 2.75) is 26.2 Å². The molecule has 2 N–H and O–H groups in total. The van der Waals surface area contributed by atoms with E-state index in [1.54, 1.807) is 0 Å². The number of ether oxygens (including phenoxy) is 1. The van der Waals surface area contributed by atoms with Crippen molar-refractivity contribution >= 4 is 21.6 Å². The fraction of sp³-hybridized carbons (Fsp3) is 0.455. The van der Waals surface area contributed by atoms with Gasteiger partial charge in [-0.2, -0.15) is 0 Å². The molecule has 1 aromatic rings. The largest absolute Gasteiger partial charge is 0.491 e. The fourth-order valence-corrected chi connectivity index (χ4v) is 1.56. The molecule has 0 aliphatic rings. The van der Waals surface area contributed by atoms with E-state index in [0.29, 0.717) is 5.69 Å². The van der Waals surface area contributed by atoms with Gasteiger partial charge in [0.1, 0.15) is 5.75 Å². The van der Waals surface area contributed by atoms with Crippen LogP contribution in [-0.4, -0.2) is 6.61 Å². The summed E-state index contributed by atoms with van der Waals surface area (Å²) in [5, 5.41) is 0. The number of anilines is 1. The summed E-state index contributed by atoms with van der Waals surface area (Å²) >= 11 is 3.35. The summed E-state index contributed by atoms with van der Waals surface area (Å²) < 4.78 is 6.53. The average molecular weight is 258 g/mol. The van der Waals surface area contributed by atoms with Crippen molar-refractivity contribution in [1.82, 2.24) is 0 Å². The molecule has 0 aliphatic heterocycles. The minimum atomic E-state index is 0.691. The molecule has 14 heavy (non-hydrogen) atoms. The summed E-state index contributed by atoms with van der Waals surface area (Å²) in [5.74, 6) is 0.782. The zero-order chi connectivity index (χ0) is 10.4. The maximum atomic E-state index is 5.78. The summed E-state index contributed by atoms with van der Waals surface area (Å²) in [7, 11) is 0. The van der Waals surface area contributed by atoms with Crippen LogP contribution in [-0.2, 0) is 0 Å². The van der Waals surface area contributed by atoms with Crippen LogP contribution in [0.4, 0.5) is 5.69 Å². The second-order valence-electron chi connectivity index (χ2n) is 3.24. The van der Waals surface area contributed by atoms with Crippen LogP contribution in [0.1, 0.15) is 26.2 Å². The van der Waals surface area contributed by atoms with Crippen molar-refractivity contribution in [1.29, 1.82) is 0 Å². The van der Waals surface area contributed by atoms with Gasteiger partial charge in [0.05, 0.1) is 12.3 Å². The lowest BCUT2D eigenvalue weighted by Crippen LogP contribution is -1.99. The number of hydrogen-bond donors (Lipinski definition) is 1. The molecule has 0 saturated heterocycles. The lowest BCUT2D eigenvalue weighted by molar-refractivity contribution is 0.308. The Labute approximate surface area is 93.6 Å². The SMILES string of the molecule is CCCCCOc1ccc(Br)cc1N. The summed E-state index contributed by atoms with van der Waals surface area (Å²) in [6, 6.07) is 5.69. The molecule has 0 aromatic heterocycles. The van der Waals surface area contributed by atoms with Gasteiger partial charge in [0, 0.05) is 4.47 Å². The molecular weight excluding hydrogens is 242 g/mol. The number of unbranched alkanes of at least 4 members (excludes halogenated alkanes) is 2. The maximum absolute atomic E-state index is 5.78. The average Bonchev–Trinajstić information content (AvgIpc) is 2.15. The van der Waals surface area contributed by atoms with Crippen molar-refractivity contribution in [3.8, 4) is 5.75 Å². The molecule has 1 rings (SSSR count). The Kier molecular flexibility index (Phi) is 4.80. The number of nitrogen functional groups attached to an aromatic ring is 1. The van der Waals surface area contributed by atoms with Crippen LogP contribution in [0.3, 0.4) is 0 Å². The molecule has 0 spiro atoms. The van der Waals surface area contributed by atoms with E-state index in [4.69, 9.17) is 10.5 Å². The Bertz CT molecular complexity index is 289. The quantitative estimate of drug-likeness (QED) is 0.647. The molecule has 3 heteroatoms. The van der Waals surface area contributed by atoms with Crippen LogP contribution < -0.4 is 10.5 Å². The maximum Gasteiger partial charge on any atom is 0.142 e. The molecule has 0 bridgehead atoms. The summed E-state index contributed by atoms with van der Waals surface area (Å²) in [6.45, 7) is 2.92. The molecule has 0 radical (unpaired) electrons. The van der Waals surface area contributed by atoms with E-state index in [-0.39, 0.29) is 0 Å². The standard InChI is InChI=1S/C11H16BrNO/c1-2-3-4-7-14-11-6-5-9(12)8-10(11)13/h5-6,8H,2-4,7,13H2,1H3. The first kappa shape index (κ1) is 11.4. The Hall–Kier alpha value is -0.700. The predicted octanol–water partition coefficient (Wildman–Crippen LogP) is 3.60. The van der Waals surface area contributed by atoms with Crippen LogP contribution in [0, 0.1) is 0 Å². The van der Waals surface area contributed by atoms with Gasteiger partial charge in [0.25, 0.3) is 0 Å². The molecule has 0 heterocycles. The number of rotatable bonds is 5. The highest BCUT2D eigenvalue weighted by atomic mass is 79.9. The highest BCUT2D eigenvalue weighted by molar-refractivity contribution is 9.10. The first-order valence-electron chi connectivity index (χ1n) is 4.92. The van der Waals surface area contributed by atoms with Crippen molar-refractivity contribution in [2.24, 2.45) is 0 Å². The van der Waals surface area contributed by atoms with E-state index in [1.165, 1.54) is 12.8 Å². The zero-order valence-electron chi connectivity index (χ0n) is 8.42. The zero-order valence-corrected chi connectivity index (χ0v) is 10.0. The van der Waals surface area contributed by atoms with Crippen LogP contribution in [0.25, 0.3) is 0 Å². The summed E-state index contributed by atoms with van der Waals surface area (Å²) in [4.78, 5) is 0. The smallest absolute Gasteiger partial charge is 0.142 e. The highest BCUT2D eigenvalue weighted by Crippen LogP contribution is 2.25. The van der Waals surface area contributed by atoms with Gasteiger partial charge in [-0.3, -0.25) is 0 Å². The second kappa shape index (κ2) is 5.91. The van der Waals surface area contributed by atoms with Gasteiger partial charge in [-0.05, 0) is 24.6 Å². The normalized spacial score (nSPS) is 10.1. The van der Waals surface area contributed by atoms with E-state index >= 15 is 0 Å². The van der Waals surface area contributed by atoms with Crippen molar-refractivity contribution in [3.05, 3.63) is 22.7 Å². The lowest BCUT2D eigenvalue weighted by atomic mass is 10.2. The Morgan fingerprint density at radius 3 is 2.79 bits per heavy atom. The van der Waals surface area contributed by atoms with Crippen LogP contribution in [0.15, 0.2) is 22.7 Å². The number of nitrogens with two attached hydrogens (primary N) is 1. The van der Waals surface area contributed by atoms with Crippen molar-refractivity contribution in [2.75, 3.05) is 12.3 Å². The second-order valence-corrected chi connectivity index (χ2v) is 4.15. The topological polar surface area (TPSA) is 35.2 Å². The molecule has 0 saturated carbocycles. The van der Waals surface area contributed by atoms with Gasteiger partial charge in [-0.1, -0.05) is 35.7 Å². The molecule has 0 fully saturated rings. The van der Waals surface area contributed by atoms with Crippen LogP contribution in [0.5, 0.6) is 5.75 Å². The molecule has 2 nitrogen and oxygen atoms in total. The fourth-order valence-electron chi connectivity index (χ4n) is 1.18. The van der Waals surface area contributed by atoms with E-state index in [0.717, 1.165) is 23.2 Å². The first-order chi connectivity index (χ1) is 6.74. The van der Waals surface area contributed by atoms with Gasteiger partial charge in [0.2, 0.25) is 0 Å². The Morgan fingerprint density at radius 1 is 1.36 bits per heavy atom. The monoisotopic (exact) mass is 257 g/mol. The predicted molar refractivity (Wildman–Crippen MR) is 63.6 cm³/mol. The van der Waals surface area contributed by atoms with Gasteiger partial charge in [-0.25, -0.2) is 0 Å². The Morgan fingerprint density at radius 2 is 2.14 bits per heavy atom. The van der Waals surface area contributed by atoms with Crippen molar-refractivity contribution < 1.29 is 4.74 Å². The Balaban J connectivity index is 2.42. The first-order valence-corrected chi connectivity index (χ1v) is 5.71. The van der Waals surface area contributed by atoms with Gasteiger partial charge in [-0.15, -0.1) is 0 Å². The molecule has 0 aliphatic carbocycles. The summed E-state index contributed by atoms with van der Waals surface area (Å²) in [6.07, 6.45) is 3.50. The molecular formula is C11H16BrNO. The molecule has 78 valence electrons. The molecule has 0 unspecified atom stereocenters.